The summed E-state index contributed by atoms with van der Waals surface area (Å²) in [5, 5.41) is 4.01. The molecule has 1 saturated carbocycles. The average Bonchev–Trinajstić information content (AvgIpc) is 2.66. The van der Waals surface area contributed by atoms with Crippen molar-refractivity contribution in [3.63, 3.8) is 0 Å². The summed E-state index contributed by atoms with van der Waals surface area (Å²) in [5.74, 6) is 0.651. The first-order chi connectivity index (χ1) is 6.77. The highest BCUT2D eigenvalue weighted by molar-refractivity contribution is 6.42. The molecule has 1 aromatic rings. The highest BCUT2D eigenvalue weighted by Gasteiger charge is 2.17. The molecule has 0 spiro atoms. The Morgan fingerprint density at radius 2 is 1.93 bits per heavy atom. The second kappa shape index (κ2) is 4.32. The predicted molar refractivity (Wildman–Crippen MR) is 57.9 cm³/mol. The molecule has 14 heavy (non-hydrogen) atoms. The third-order valence-corrected chi connectivity index (χ3v) is 3.18. The van der Waals surface area contributed by atoms with Crippen LogP contribution in [0.2, 0.25) is 10.2 Å². The largest absolute Gasteiger partial charge is 0.366 e. The summed E-state index contributed by atoms with van der Waals surface area (Å²) in [6.07, 6.45) is 6.32. The maximum Gasteiger partial charge on any atom is 0.153 e. The van der Waals surface area contributed by atoms with Crippen molar-refractivity contribution in [2.75, 3.05) is 5.32 Å². The van der Waals surface area contributed by atoms with Crippen molar-refractivity contribution in [1.29, 1.82) is 0 Å². The average molecular weight is 232 g/mol. The fraction of sp³-hybridized carbons (Fsp3) is 0.556. The van der Waals surface area contributed by atoms with Crippen molar-refractivity contribution in [3.05, 3.63) is 16.5 Å². The van der Waals surface area contributed by atoms with Crippen LogP contribution in [-0.2, 0) is 0 Å². The van der Waals surface area contributed by atoms with Gasteiger partial charge < -0.3 is 5.32 Å². The van der Waals surface area contributed by atoms with Gasteiger partial charge >= 0.3 is 0 Å². The molecule has 1 N–H and O–H groups in total. The van der Waals surface area contributed by atoms with E-state index in [-0.39, 0.29) is 0 Å². The number of halogens is 2. The third-order valence-electron chi connectivity index (χ3n) is 2.44. The van der Waals surface area contributed by atoms with Crippen molar-refractivity contribution in [3.8, 4) is 0 Å². The zero-order valence-corrected chi connectivity index (χ0v) is 9.15. The molecule has 3 nitrogen and oxygen atoms in total. The van der Waals surface area contributed by atoms with Crippen LogP contribution < -0.4 is 5.32 Å². The van der Waals surface area contributed by atoms with Gasteiger partial charge in [0.15, 0.2) is 5.15 Å². The Bertz CT molecular complexity index is 324. The molecule has 76 valence electrons. The van der Waals surface area contributed by atoms with Crippen LogP contribution >= 0.6 is 23.2 Å². The van der Waals surface area contributed by atoms with Gasteiger partial charge in [-0.25, -0.2) is 9.97 Å². The van der Waals surface area contributed by atoms with Crippen LogP contribution in [0.4, 0.5) is 5.82 Å². The Morgan fingerprint density at radius 1 is 1.21 bits per heavy atom. The van der Waals surface area contributed by atoms with Crippen molar-refractivity contribution >= 4 is 29.0 Å². The second-order valence-electron chi connectivity index (χ2n) is 3.45. The maximum absolute atomic E-state index is 5.95. The molecule has 0 radical (unpaired) electrons. The van der Waals surface area contributed by atoms with E-state index in [1.807, 2.05) is 0 Å². The number of anilines is 1. The van der Waals surface area contributed by atoms with Crippen LogP contribution in [0.25, 0.3) is 0 Å². The minimum Gasteiger partial charge on any atom is -0.366 e. The number of nitrogens with zero attached hydrogens (tertiary/aromatic N) is 2. The molecule has 0 amide bonds. The van der Waals surface area contributed by atoms with Gasteiger partial charge in [-0.2, -0.15) is 0 Å². The summed E-state index contributed by atoms with van der Waals surface area (Å²) in [6.45, 7) is 0. The van der Waals surface area contributed by atoms with E-state index in [1.54, 1.807) is 0 Å². The Labute approximate surface area is 92.8 Å². The molecule has 0 bridgehead atoms. The topological polar surface area (TPSA) is 37.8 Å². The molecule has 0 atom stereocenters. The predicted octanol–water partition coefficient (Wildman–Crippen LogP) is 3.14. The molecule has 0 saturated heterocycles. The minimum atomic E-state index is 0.308. The Morgan fingerprint density at radius 3 is 2.64 bits per heavy atom. The number of nitrogens with one attached hydrogen (secondary N) is 1. The maximum atomic E-state index is 5.95. The normalized spacial score (nSPS) is 17.3. The smallest absolute Gasteiger partial charge is 0.153 e. The number of rotatable bonds is 2. The van der Waals surface area contributed by atoms with Crippen molar-refractivity contribution in [2.45, 2.75) is 31.7 Å². The third kappa shape index (κ3) is 2.10. The standard InChI is InChI=1S/C9H11Cl2N3/c10-7-8(11)12-5-13-9(7)14-6-3-1-2-4-6/h5-6H,1-4H2,(H,12,13,14). The number of aromatic nitrogens is 2. The summed E-state index contributed by atoms with van der Waals surface area (Å²) in [4.78, 5) is 7.86. The van der Waals surface area contributed by atoms with Gasteiger partial charge in [0.2, 0.25) is 0 Å². The van der Waals surface area contributed by atoms with E-state index in [0.29, 0.717) is 22.0 Å². The Balaban J connectivity index is 2.11. The number of hydrogen-bond acceptors (Lipinski definition) is 3. The first kappa shape index (κ1) is 9.99. The van der Waals surface area contributed by atoms with E-state index < -0.39 is 0 Å². The molecular weight excluding hydrogens is 221 g/mol. The Kier molecular flexibility index (Phi) is 3.08. The summed E-state index contributed by atoms with van der Waals surface area (Å²) in [7, 11) is 0. The Hall–Kier alpha value is -0.540. The second-order valence-corrected chi connectivity index (χ2v) is 4.19. The molecule has 1 fully saturated rings. The fourth-order valence-electron chi connectivity index (χ4n) is 1.71. The quantitative estimate of drug-likeness (QED) is 0.796. The van der Waals surface area contributed by atoms with E-state index in [0.717, 1.165) is 0 Å². The lowest BCUT2D eigenvalue weighted by Gasteiger charge is -2.13. The van der Waals surface area contributed by atoms with E-state index in [2.05, 4.69) is 15.3 Å². The molecule has 0 unspecified atom stereocenters. The van der Waals surface area contributed by atoms with Crippen LogP contribution in [-0.4, -0.2) is 16.0 Å². The van der Waals surface area contributed by atoms with Gasteiger partial charge in [-0.1, -0.05) is 36.0 Å². The highest BCUT2D eigenvalue weighted by atomic mass is 35.5. The van der Waals surface area contributed by atoms with Crippen LogP contribution in [0.1, 0.15) is 25.7 Å². The summed E-state index contributed by atoms with van der Waals surface area (Å²) in [5.41, 5.74) is 0. The van der Waals surface area contributed by atoms with Gasteiger partial charge in [-0.15, -0.1) is 0 Å². The molecule has 5 heteroatoms. The first-order valence-electron chi connectivity index (χ1n) is 4.70. The highest BCUT2D eigenvalue weighted by Crippen LogP contribution is 2.28. The molecule has 0 aliphatic heterocycles. The van der Waals surface area contributed by atoms with Gasteiger partial charge in [0.1, 0.15) is 17.2 Å². The lowest BCUT2D eigenvalue weighted by atomic mass is 10.2. The lowest BCUT2D eigenvalue weighted by Crippen LogP contribution is -2.15. The van der Waals surface area contributed by atoms with E-state index in [1.165, 1.54) is 32.0 Å². The van der Waals surface area contributed by atoms with Gasteiger partial charge in [-0.3, -0.25) is 0 Å². The van der Waals surface area contributed by atoms with Crippen LogP contribution in [0.5, 0.6) is 0 Å². The van der Waals surface area contributed by atoms with E-state index in [9.17, 15) is 0 Å². The van der Waals surface area contributed by atoms with Gasteiger partial charge in [-0.05, 0) is 12.8 Å². The summed E-state index contributed by atoms with van der Waals surface area (Å²) < 4.78 is 0. The van der Waals surface area contributed by atoms with Crippen molar-refractivity contribution in [1.82, 2.24) is 9.97 Å². The molecule has 1 aromatic heterocycles. The zero-order valence-electron chi connectivity index (χ0n) is 7.63. The molecule has 2 rings (SSSR count). The SMILES string of the molecule is Clc1ncnc(NC2CCCC2)c1Cl. The molecular formula is C9H11Cl2N3. The lowest BCUT2D eigenvalue weighted by molar-refractivity contribution is 0.750. The fourth-order valence-corrected chi connectivity index (χ4v) is 2.00. The molecule has 1 aliphatic carbocycles. The molecule has 1 aliphatic rings. The summed E-state index contributed by atoms with van der Waals surface area (Å²) in [6, 6.07) is 0.485. The van der Waals surface area contributed by atoms with Crippen LogP contribution in [0.15, 0.2) is 6.33 Å². The van der Waals surface area contributed by atoms with E-state index >= 15 is 0 Å². The minimum absolute atomic E-state index is 0.308. The van der Waals surface area contributed by atoms with Crippen molar-refractivity contribution < 1.29 is 0 Å². The van der Waals surface area contributed by atoms with E-state index in [4.69, 9.17) is 23.2 Å². The van der Waals surface area contributed by atoms with Gasteiger partial charge in [0, 0.05) is 6.04 Å². The van der Waals surface area contributed by atoms with Gasteiger partial charge in [0.05, 0.1) is 0 Å². The summed E-state index contributed by atoms with van der Waals surface area (Å²) >= 11 is 11.7. The molecule has 1 heterocycles. The van der Waals surface area contributed by atoms with Crippen molar-refractivity contribution in [2.24, 2.45) is 0 Å². The zero-order chi connectivity index (χ0) is 9.97. The van der Waals surface area contributed by atoms with Gasteiger partial charge in [0.25, 0.3) is 0 Å². The molecule has 0 aromatic carbocycles. The first-order valence-corrected chi connectivity index (χ1v) is 5.45. The monoisotopic (exact) mass is 231 g/mol. The van der Waals surface area contributed by atoms with Crippen LogP contribution in [0.3, 0.4) is 0 Å². The number of hydrogen-bond donors (Lipinski definition) is 1. The van der Waals surface area contributed by atoms with Crippen LogP contribution in [0, 0.1) is 0 Å².